The summed E-state index contributed by atoms with van der Waals surface area (Å²) in [5.41, 5.74) is 5.97. The van der Waals surface area contributed by atoms with Gasteiger partial charge in [-0.3, -0.25) is 9.59 Å². The highest BCUT2D eigenvalue weighted by atomic mass is 16.2. The maximum atomic E-state index is 13.8. The SMILES string of the molecule is CCN1CCN(C2=C(c3ccc(C)c(C)c3)C(=O)N(c3ccc(C(C)(C)C)cc3)C2=O)CC1. The van der Waals surface area contributed by atoms with Gasteiger partial charge in [0.15, 0.2) is 0 Å². The van der Waals surface area contributed by atoms with Crippen LogP contribution in [0.4, 0.5) is 5.69 Å². The molecule has 4 rings (SSSR count). The van der Waals surface area contributed by atoms with Crippen LogP contribution in [0.15, 0.2) is 48.2 Å². The summed E-state index contributed by atoms with van der Waals surface area (Å²) in [6.07, 6.45) is 0. The standard InChI is InChI=1S/C28H35N3O2/c1-7-29-14-16-30(17-15-29)25-24(21-9-8-19(2)20(3)18-21)26(32)31(27(25)33)23-12-10-22(11-13-23)28(4,5)6/h8-13,18H,7,14-17H2,1-6H3. The number of aryl methyl sites for hydroxylation is 2. The molecule has 5 heteroatoms. The number of nitrogens with zero attached hydrogens (tertiary/aromatic N) is 3. The van der Waals surface area contributed by atoms with Crippen molar-refractivity contribution in [3.63, 3.8) is 0 Å². The number of piperazine rings is 1. The molecule has 0 aliphatic carbocycles. The van der Waals surface area contributed by atoms with E-state index >= 15 is 0 Å². The molecule has 2 heterocycles. The van der Waals surface area contributed by atoms with Crippen LogP contribution in [-0.2, 0) is 15.0 Å². The molecule has 33 heavy (non-hydrogen) atoms. The largest absolute Gasteiger partial charge is 0.364 e. The number of rotatable bonds is 4. The Bertz CT molecular complexity index is 1100. The summed E-state index contributed by atoms with van der Waals surface area (Å²) in [5, 5.41) is 0. The van der Waals surface area contributed by atoms with E-state index in [1.165, 1.54) is 16.0 Å². The quantitative estimate of drug-likeness (QED) is 0.649. The van der Waals surface area contributed by atoms with Gasteiger partial charge in [0.05, 0.1) is 11.3 Å². The second kappa shape index (κ2) is 8.79. The summed E-state index contributed by atoms with van der Waals surface area (Å²) in [7, 11) is 0. The van der Waals surface area contributed by atoms with Crippen molar-refractivity contribution >= 4 is 23.1 Å². The molecule has 0 saturated carbocycles. The molecule has 0 aromatic heterocycles. The van der Waals surface area contributed by atoms with Crippen LogP contribution in [0.5, 0.6) is 0 Å². The monoisotopic (exact) mass is 445 g/mol. The van der Waals surface area contributed by atoms with Crippen molar-refractivity contribution in [3.8, 4) is 0 Å². The second-order valence-corrected chi connectivity index (χ2v) is 10.2. The highest BCUT2D eigenvalue weighted by Gasteiger charge is 2.43. The van der Waals surface area contributed by atoms with Crippen molar-refractivity contribution in [2.75, 3.05) is 37.6 Å². The third-order valence-electron chi connectivity index (χ3n) is 6.98. The predicted molar refractivity (Wildman–Crippen MR) is 134 cm³/mol. The summed E-state index contributed by atoms with van der Waals surface area (Å²) in [5.74, 6) is -0.457. The predicted octanol–water partition coefficient (Wildman–Crippen LogP) is 4.52. The Hall–Kier alpha value is -2.92. The molecule has 0 N–H and O–H groups in total. The molecule has 2 aromatic carbocycles. The van der Waals surface area contributed by atoms with Gasteiger partial charge in [0.2, 0.25) is 0 Å². The van der Waals surface area contributed by atoms with E-state index in [2.05, 4.69) is 44.4 Å². The van der Waals surface area contributed by atoms with Gasteiger partial charge in [-0.2, -0.15) is 0 Å². The summed E-state index contributed by atoms with van der Waals surface area (Å²) in [4.78, 5) is 33.4. The highest BCUT2D eigenvalue weighted by molar-refractivity contribution is 6.45. The first-order valence-corrected chi connectivity index (χ1v) is 11.9. The Morgan fingerprint density at radius 2 is 1.45 bits per heavy atom. The number of carbonyl (C=O) groups is 2. The summed E-state index contributed by atoms with van der Waals surface area (Å²) in [6, 6.07) is 13.9. The number of amides is 2. The second-order valence-electron chi connectivity index (χ2n) is 10.2. The van der Waals surface area contributed by atoms with Crippen molar-refractivity contribution in [1.82, 2.24) is 9.80 Å². The molecular formula is C28H35N3O2. The molecule has 2 aliphatic heterocycles. The van der Waals surface area contributed by atoms with Crippen LogP contribution in [0.2, 0.25) is 0 Å². The van der Waals surface area contributed by atoms with Crippen LogP contribution in [0.1, 0.15) is 49.9 Å². The van der Waals surface area contributed by atoms with Crippen LogP contribution >= 0.6 is 0 Å². The molecule has 0 radical (unpaired) electrons. The number of hydrogen-bond donors (Lipinski definition) is 0. The van der Waals surface area contributed by atoms with Crippen molar-refractivity contribution in [1.29, 1.82) is 0 Å². The maximum Gasteiger partial charge on any atom is 0.282 e. The van der Waals surface area contributed by atoms with Gasteiger partial charge >= 0.3 is 0 Å². The minimum Gasteiger partial charge on any atom is -0.364 e. The molecule has 0 unspecified atom stereocenters. The van der Waals surface area contributed by atoms with Gasteiger partial charge < -0.3 is 9.80 Å². The Labute approximate surface area is 197 Å². The topological polar surface area (TPSA) is 43.9 Å². The van der Waals surface area contributed by atoms with Crippen LogP contribution in [0, 0.1) is 13.8 Å². The molecule has 0 bridgehead atoms. The van der Waals surface area contributed by atoms with Crippen molar-refractivity contribution in [2.24, 2.45) is 0 Å². The van der Waals surface area contributed by atoms with E-state index in [1.54, 1.807) is 0 Å². The first kappa shape index (κ1) is 23.2. The lowest BCUT2D eigenvalue weighted by molar-refractivity contribution is -0.120. The lowest BCUT2D eigenvalue weighted by atomic mass is 9.87. The van der Waals surface area contributed by atoms with Gasteiger partial charge in [-0.05, 0) is 60.2 Å². The smallest absolute Gasteiger partial charge is 0.282 e. The number of imide groups is 1. The molecule has 2 aromatic rings. The van der Waals surface area contributed by atoms with E-state index in [0.29, 0.717) is 17.0 Å². The Kier molecular flexibility index (Phi) is 6.19. The Morgan fingerprint density at radius 3 is 2.00 bits per heavy atom. The molecule has 1 fully saturated rings. The average molecular weight is 446 g/mol. The molecule has 5 nitrogen and oxygen atoms in total. The van der Waals surface area contributed by atoms with Gasteiger partial charge in [-0.25, -0.2) is 4.90 Å². The Morgan fingerprint density at radius 1 is 0.818 bits per heavy atom. The normalized spacial score (nSPS) is 18.0. The number of anilines is 1. The maximum absolute atomic E-state index is 13.8. The molecule has 0 spiro atoms. The van der Waals surface area contributed by atoms with Gasteiger partial charge in [-0.1, -0.05) is 58.0 Å². The molecule has 2 aliphatic rings. The zero-order chi connectivity index (χ0) is 23.9. The summed E-state index contributed by atoms with van der Waals surface area (Å²) >= 11 is 0. The number of hydrogen-bond acceptors (Lipinski definition) is 4. The fraction of sp³-hybridized carbons (Fsp3) is 0.429. The van der Waals surface area contributed by atoms with E-state index in [0.717, 1.165) is 43.9 Å². The molecule has 174 valence electrons. The zero-order valence-electron chi connectivity index (χ0n) is 20.7. The van der Waals surface area contributed by atoms with Crippen molar-refractivity contribution in [2.45, 2.75) is 47.0 Å². The zero-order valence-corrected chi connectivity index (χ0v) is 20.7. The van der Waals surface area contributed by atoms with Crippen LogP contribution < -0.4 is 4.90 Å². The number of carbonyl (C=O) groups excluding carboxylic acids is 2. The molecular weight excluding hydrogens is 410 g/mol. The van der Waals surface area contributed by atoms with E-state index in [4.69, 9.17) is 0 Å². The molecule has 0 atom stereocenters. The van der Waals surface area contributed by atoms with Gasteiger partial charge in [0.1, 0.15) is 5.70 Å². The van der Waals surface area contributed by atoms with E-state index < -0.39 is 0 Å². The molecule has 2 amide bonds. The lowest BCUT2D eigenvalue weighted by Crippen LogP contribution is -2.47. The fourth-order valence-corrected chi connectivity index (χ4v) is 4.60. The minimum absolute atomic E-state index is 0.00447. The summed E-state index contributed by atoms with van der Waals surface area (Å²) in [6.45, 7) is 17.0. The minimum atomic E-state index is -0.236. The van der Waals surface area contributed by atoms with Crippen molar-refractivity contribution in [3.05, 3.63) is 70.4 Å². The van der Waals surface area contributed by atoms with Crippen LogP contribution in [-0.4, -0.2) is 54.3 Å². The number of likely N-dealkylation sites (N-methyl/N-ethyl adjacent to an activating group) is 1. The van der Waals surface area contributed by atoms with E-state index in [1.807, 2.05) is 49.4 Å². The van der Waals surface area contributed by atoms with Gasteiger partial charge in [0, 0.05) is 26.2 Å². The van der Waals surface area contributed by atoms with Gasteiger partial charge in [0.25, 0.3) is 11.8 Å². The summed E-state index contributed by atoms with van der Waals surface area (Å²) < 4.78 is 0. The van der Waals surface area contributed by atoms with Crippen LogP contribution in [0.25, 0.3) is 5.57 Å². The number of benzene rings is 2. The lowest BCUT2D eigenvalue weighted by Gasteiger charge is -2.36. The first-order chi connectivity index (χ1) is 15.6. The van der Waals surface area contributed by atoms with E-state index in [-0.39, 0.29) is 17.2 Å². The average Bonchev–Trinajstić information content (AvgIpc) is 3.05. The van der Waals surface area contributed by atoms with Crippen LogP contribution in [0.3, 0.4) is 0 Å². The highest BCUT2D eigenvalue weighted by Crippen LogP contribution is 2.36. The van der Waals surface area contributed by atoms with Crippen molar-refractivity contribution < 1.29 is 9.59 Å². The van der Waals surface area contributed by atoms with Gasteiger partial charge in [-0.15, -0.1) is 0 Å². The third kappa shape index (κ3) is 4.34. The van der Waals surface area contributed by atoms with E-state index in [9.17, 15) is 9.59 Å². The third-order valence-corrected chi connectivity index (χ3v) is 6.98. The molecule has 1 saturated heterocycles. The Balaban J connectivity index is 1.76. The first-order valence-electron chi connectivity index (χ1n) is 11.9. The fourth-order valence-electron chi connectivity index (χ4n) is 4.60.